The van der Waals surface area contributed by atoms with Crippen molar-refractivity contribution in [1.29, 1.82) is 0 Å². The van der Waals surface area contributed by atoms with Gasteiger partial charge in [0.1, 0.15) is 6.04 Å². The van der Waals surface area contributed by atoms with Crippen molar-refractivity contribution in [3.63, 3.8) is 0 Å². The fraction of sp³-hybridized carbons (Fsp3) is 0.643. The van der Waals surface area contributed by atoms with E-state index in [1.165, 1.54) is 0 Å². The summed E-state index contributed by atoms with van der Waals surface area (Å²) < 4.78 is 1.58. The summed E-state index contributed by atoms with van der Waals surface area (Å²) in [5.74, 6) is -1.26. The number of carboxylic acid groups (broad SMARTS) is 1. The van der Waals surface area contributed by atoms with Crippen LogP contribution in [0.25, 0.3) is 0 Å². The van der Waals surface area contributed by atoms with E-state index < -0.39 is 12.0 Å². The topological polar surface area (TPSA) is 84.2 Å². The molecule has 20 heavy (non-hydrogen) atoms. The second-order valence-electron chi connectivity index (χ2n) is 5.26. The SMILES string of the molecule is CCCCC(NC(=O)c1cn(C)nc1C(C)C)C(=O)O. The number of unbranched alkanes of at least 4 members (excludes halogenated alkanes) is 1. The molecule has 1 rings (SSSR count). The average Bonchev–Trinajstić information content (AvgIpc) is 2.76. The third kappa shape index (κ3) is 4.08. The number of nitrogens with zero attached hydrogens (tertiary/aromatic N) is 2. The van der Waals surface area contributed by atoms with E-state index in [0.29, 0.717) is 17.7 Å². The van der Waals surface area contributed by atoms with Crippen LogP contribution in [0, 0.1) is 0 Å². The van der Waals surface area contributed by atoms with Gasteiger partial charge in [0.2, 0.25) is 0 Å². The molecule has 0 saturated carbocycles. The smallest absolute Gasteiger partial charge is 0.326 e. The van der Waals surface area contributed by atoms with Gasteiger partial charge in [-0.05, 0) is 12.3 Å². The summed E-state index contributed by atoms with van der Waals surface area (Å²) >= 11 is 0. The van der Waals surface area contributed by atoms with Crippen molar-refractivity contribution in [2.45, 2.75) is 52.0 Å². The first-order chi connectivity index (χ1) is 9.36. The van der Waals surface area contributed by atoms with Gasteiger partial charge in [0.25, 0.3) is 5.91 Å². The maximum Gasteiger partial charge on any atom is 0.326 e. The summed E-state index contributed by atoms with van der Waals surface area (Å²) in [7, 11) is 1.74. The van der Waals surface area contributed by atoms with Crippen molar-refractivity contribution >= 4 is 11.9 Å². The lowest BCUT2D eigenvalue weighted by Gasteiger charge is -2.14. The molecule has 1 heterocycles. The van der Waals surface area contributed by atoms with Gasteiger partial charge in [0, 0.05) is 13.2 Å². The van der Waals surface area contributed by atoms with Crippen molar-refractivity contribution in [3.8, 4) is 0 Å². The van der Waals surface area contributed by atoms with Crippen LogP contribution in [-0.2, 0) is 11.8 Å². The first kappa shape index (κ1) is 16.2. The molecule has 0 aliphatic carbocycles. The number of rotatable bonds is 7. The molecule has 0 aromatic carbocycles. The average molecular weight is 281 g/mol. The van der Waals surface area contributed by atoms with E-state index >= 15 is 0 Å². The number of nitrogens with one attached hydrogen (secondary N) is 1. The molecule has 0 saturated heterocycles. The number of aromatic nitrogens is 2. The van der Waals surface area contributed by atoms with E-state index in [1.807, 2.05) is 20.8 Å². The molecule has 0 aliphatic heterocycles. The van der Waals surface area contributed by atoms with Crippen molar-refractivity contribution in [2.75, 3.05) is 0 Å². The summed E-state index contributed by atoms with van der Waals surface area (Å²) in [6.45, 7) is 5.88. The standard InChI is InChI=1S/C14H23N3O3/c1-5-6-7-11(14(19)20)15-13(18)10-8-17(4)16-12(10)9(2)3/h8-9,11H,5-7H2,1-4H3,(H,15,18)(H,19,20). The second-order valence-corrected chi connectivity index (χ2v) is 5.26. The lowest BCUT2D eigenvalue weighted by atomic mass is 10.0. The quantitative estimate of drug-likeness (QED) is 0.799. The Bertz CT molecular complexity index is 480. The molecule has 0 bridgehead atoms. The van der Waals surface area contributed by atoms with Gasteiger partial charge in [-0.25, -0.2) is 4.79 Å². The Hall–Kier alpha value is -1.85. The zero-order valence-electron chi connectivity index (χ0n) is 12.5. The molecule has 0 spiro atoms. The van der Waals surface area contributed by atoms with Crippen LogP contribution in [0.15, 0.2) is 6.20 Å². The minimum absolute atomic E-state index is 0.107. The number of amides is 1. The lowest BCUT2D eigenvalue weighted by molar-refractivity contribution is -0.139. The lowest BCUT2D eigenvalue weighted by Crippen LogP contribution is -2.41. The summed E-state index contributed by atoms with van der Waals surface area (Å²) in [5.41, 5.74) is 1.13. The Morgan fingerprint density at radius 2 is 2.10 bits per heavy atom. The molecule has 1 atom stereocenters. The van der Waals surface area contributed by atoms with Crippen LogP contribution in [-0.4, -0.2) is 32.8 Å². The van der Waals surface area contributed by atoms with Gasteiger partial charge in [-0.15, -0.1) is 0 Å². The van der Waals surface area contributed by atoms with Crippen LogP contribution < -0.4 is 5.32 Å². The summed E-state index contributed by atoms with van der Waals surface area (Å²) in [5, 5.41) is 16.0. The number of aryl methyl sites for hydroxylation is 1. The van der Waals surface area contributed by atoms with E-state index in [4.69, 9.17) is 5.11 Å². The van der Waals surface area contributed by atoms with Crippen LogP contribution in [0.3, 0.4) is 0 Å². The number of hydrogen-bond acceptors (Lipinski definition) is 3. The van der Waals surface area contributed by atoms with Gasteiger partial charge in [-0.1, -0.05) is 33.6 Å². The molecule has 1 amide bonds. The second kappa shape index (κ2) is 7.07. The third-order valence-corrected chi connectivity index (χ3v) is 3.10. The minimum atomic E-state index is -0.998. The van der Waals surface area contributed by atoms with Gasteiger partial charge in [-0.2, -0.15) is 5.10 Å². The zero-order chi connectivity index (χ0) is 15.3. The largest absolute Gasteiger partial charge is 0.480 e. The number of carbonyl (C=O) groups excluding carboxylic acids is 1. The maximum atomic E-state index is 12.2. The van der Waals surface area contributed by atoms with Gasteiger partial charge in [0.05, 0.1) is 11.3 Å². The molecule has 0 radical (unpaired) electrons. The van der Waals surface area contributed by atoms with Crippen LogP contribution in [0.1, 0.15) is 62.0 Å². The maximum absolute atomic E-state index is 12.2. The minimum Gasteiger partial charge on any atom is -0.480 e. The molecular formula is C14H23N3O3. The molecule has 2 N–H and O–H groups in total. The third-order valence-electron chi connectivity index (χ3n) is 3.10. The molecule has 112 valence electrons. The highest BCUT2D eigenvalue weighted by Crippen LogP contribution is 2.17. The Morgan fingerprint density at radius 1 is 1.45 bits per heavy atom. The van der Waals surface area contributed by atoms with Gasteiger partial charge >= 0.3 is 5.97 Å². The van der Waals surface area contributed by atoms with Crippen molar-refractivity contribution in [3.05, 3.63) is 17.5 Å². The normalized spacial score (nSPS) is 12.4. The highest BCUT2D eigenvalue weighted by Gasteiger charge is 2.23. The van der Waals surface area contributed by atoms with E-state index in [9.17, 15) is 9.59 Å². The molecule has 0 fully saturated rings. The highest BCUT2D eigenvalue weighted by molar-refractivity contribution is 5.97. The van der Waals surface area contributed by atoms with Crippen LogP contribution in [0.5, 0.6) is 0 Å². The Kier molecular flexibility index (Phi) is 5.73. The highest BCUT2D eigenvalue weighted by atomic mass is 16.4. The Balaban J connectivity index is 2.86. The molecule has 6 nitrogen and oxygen atoms in total. The van der Waals surface area contributed by atoms with Crippen molar-refractivity contribution in [1.82, 2.24) is 15.1 Å². The number of hydrogen-bond donors (Lipinski definition) is 2. The van der Waals surface area contributed by atoms with E-state index in [0.717, 1.165) is 12.8 Å². The molecule has 1 aromatic rings. The van der Waals surface area contributed by atoms with E-state index in [1.54, 1.807) is 17.9 Å². The fourth-order valence-corrected chi connectivity index (χ4v) is 2.01. The van der Waals surface area contributed by atoms with Crippen LogP contribution in [0.2, 0.25) is 0 Å². The summed E-state index contributed by atoms with van der Waals surface area (Å²) in [4.78, 5) is 23.4. The summed E-state index contributed by atoms with van der Waals surface area (Å²) in [6.07, 6.45) is 3.73. The number of aliphatic carboxylic acids is 1. The number of carboxylic acids is 1. The molecule has 1 aromatic heterocycles. The molecule has 6 heteroatoms. The van der Waals surface area contributed by atoms with Gasteiger partial charge in [-0.3, -0.25) is 9.48 Å². The van der Waals surface area contributed by atoms with E-state index in [2.05, 4.69) is 10.4 Å². The first-order valence-electron chi connectivity index (χ1n) is 6.94. The number of carbonyl (C=O) groups is 2. The molecule has 0 aliphatic rings. The molecular weight excluding hydrogens is 258 g/mol. The predicted octanol–water partition coefficient (Wildman–Crippen LogP) is 1.92. The molecule has 1 unspecified atom stereocenters. The van der Waals surface area contributed by atoms with Gasteiger partial charge < -0.3 is 10.4 Å². The van der Waals surface area contributed by atoms with Crippen LogP contribution in [0.4, 0.5) is 0 Å². The van der Waals surface area contributed by atoms with E-state index in [-0.39, 0.29) is 11.8 Å². The van der Waals surface area contributed by atoms with Crippen molar-refractivity contribution < 1.29 is 14.7 Å². The Morgan fingerprint density at radius 3 is 2.60 bits per heavy atom. The first-order valence-corrected chi connectivity index (χ1v) is 6.94. The van der Waals surface area contributed by atoms with Gasteiger partial charge in [0.15, 0.2) is 0 Å². The zero-order valence-corrected chi connectivity index (χ0v) is 12.5. The monoisotopic (exact) mass is 281 g/mol. The van der Waals surface area contributed by atoms with Crippen LogP contribution >= 0.6 is 0 Å². The van der Waals surface area contributed by atoms with Crippen molar-refractivity contribution in [2.24, 2.45) is 7.05 Å². The summed E-state index contributed by atoms with van der Waals surface area (Å²) in [6, 6.07) is -0.845. The fourth-order valence-electron chi connectivity index (χ4n) is 2.01. The predicted molar refractivity (Wildman–Crippen MR) is 75.7 cm³/mol. The Labute approximate surface area is 119 Å².